The average Bonchev–Trinajstić information content (AvgIpc) is 3.51. The van der Waals surface area contributed by atoms with Crippen molar-refractivity contribution in [2.75, 3.05) is 33.9 Å². The molecule has 2 amide bonds. The molecule has 4 rings (SSSR count). The van der Waals surface area contributed by atoms with Crippen LogP contribution >= 0.6 is 0 Å². The highest BCUT2D eigenvalue weighted by Gasteiger charge is 2.61. The Morgan fingerprint density at radius 1 is 1.15 bits per heavy atom. The number of hydrogen-bond donors (Lipinski definition) is 0. The number of amides is 2. The maximum atomic E-state index is 12.8. The zero-order valence-corrected chi connectivity index (χ0v) is 15.4. The highest BCUT2D eigenvalue weighted by Crippen LogP contribution is 2.45. The Hall–Kier alpha value is -2.08. The number of carbonyl (C=O) groups is 2. The summed E-state index contributed by atoms with van der Waals surface area (Å²) in [4.78, 5) is 29.1. The first-order valence-corrected chi connectivity index (χ1v) is 9.36. The molecule has 1 spiro atoms. The summed E-state index contributed by atoms with van der Waals surface area (Å²) in [6, 6.07) is 7.22. The second-order valence-electron chi connectivity index (χ2n) is 7.63. The number of nitrogens with zero attached hydrogens (tertiary/aromatic N) is 2. The van der Waals surface area contributed by atoms with Crippen LogP contribution < -0.4 is 4.74 Å². The first-order valence-electron chi connectivity index (χ1n) is 9.36. The molecule has 3 aliphatic rings. The fraction of sp³-hybridized carbons (Fsp3) is 0.600. The lowest BCUT2D eigenvalue weighted by atomic mass is 9.72. The van der Waals surface area contributed by atoms with Crippen molar-refractivity contribution in [2.45, 2.75) is 37.3 Å². The molecule has 2 saturated heterocycles. The van der Waals surface area contributed by atoms with Crippen molar-refractivity contribution < 1.29 is 19.1 Å². The monoisotopic (exact) mass is 358 g/mol. The minimum Gasteiger partial charge on any atom is -0.497 e. The van der Waals surface area contributed by atoms with Crippen molar-refractivity contribution in [3.63, 3.8) is 0 Å². The summed E-state index contributed by atoms with van der Waals surface area (Å²) < 4.78 is 10.7. The Kier molecular flexibility index (Phi) is 4.39. The highest BCUT2D eigenvalue weighted by atomic mass is 16.5. The van der Waals surface area contributed by atoms with Crippen LogP contribution in [0.5, 0.6) is 5.75 Å². The predicted octanol–water partition coefficient (Wildman–Crippen LogP) is 1.94. The lowest BCUT2D eigenvalue weighted by Gasteiger charge is -2.59. The van der Waals surface area contributed by atoms with Crippen LogP contribution in [0.4, 0.5) is 0 Å². The first-order chi connectivity index (χ1) is 12.6. The van der Waals surface area contributed by atoms with Crippen LogP contribution in [0, 0.1) is 5.92 Å². The molecule has 1 saturated carbocycles. The lowest BCUT2D eigenvalue weighted by molar-refractivity contribution is -0.198. The topological polar surface area (TPSA) is 59.1 Å². The van der Waals surface area contributed by atoms with Crippen molar-refractivity contribution in [2.24, 2.45) is 5.92 Å². The molecule has 6 nitrogen and oxygen atoms in total. The van der Waals surface area contributed by atoms with Gasteiger partial charge in [0.2, 0.25) is 0 Å². The molecule has 1 aromatic carbocycles. The number of hydrogen-bond acceptors (Lipinski definition) is 4. The Bertz CT molecular complexity index is 690. The van der Waals surface area contributed by atoms with Crippen LogP contribution in [-0.4, -0.2) is 67.1 Å². The van der Waals surface area contributed by atoms with Gasteiger partial charge in [-0.2, -0.15) is 0 Å². The van der Waals surface area contributed by atoms with Gasteiger partial charge in [-0.3, -0.25) is 9.59 Å². The molecular formula is C20H26N2O4. The average molecular weight is 358 g/mol. The summed E-state index contributed by atoms with van der Waals surface area (Å²) in [5.41, 5.74) is 0.454. The molecule has 2 heterocycles. The van der Waals surface area contributed by atoms with E-state index in [0.29, 0.717) is 24.6 Å². The van der Waals surface area contributed by atoms with Gasteiger partial charge in [0.1, 0.15) is 5.75 Å². The van der Waals surface area contributed by atoms with Gasteiger partial charge in [0.15, 0.2) is 6.10 Å². The van der Waals surface area contributed by atoms with E-state index >= 15 is 0 Å². The molecule has 0 N–H and O–H groups in total. The summed E-state index contributed by atoms with van der Waals surface area (Å²) in [5, 5.41) is 0. The highest BCUT2D eigenvalue weighted by molar-refractivity contribution is 5.95. The van der Waals surface area contributed by atoms with E-state index in [4.69, 9.17) is 9.47 Å². The van der Waals surface area contributed by atoms with E-state index in [2.05, 4.69) is 0 Å². The fourth-order valence-electron chi connectivity index (χ4n) is 4.36. The van der Waals surface area contributed by atoms with Crippen molar-refractivity contribution in [1.82, 2.24) is 9.80 Å². The van der Waals surface area contributed by atoms with Gasteiger partial charge in [0.05, 0.1) is 12.6 Å². The molecule has 6 heteroatoms. The van der Waals surface area contributed by atoms with Gasteiger partial charge in [-0.05, 0) is 55.9 Å². The number of β-lactam (4-membered cyclic amide) rings is 1. The van der Waals surface area contributed by atoms with E-state index in [9.17, 15) is 9.59 Å². The third-order valence-electron chi connectivity index (χ3n) is 6.14. The Balaban J connectivity index is 1.43. The summed E-state index contributed by atoms with van der Waals surface area (Å²) >= 11 is 0. The van der Waals surface area contributed by atoms with E-state index < -0.39 is 0 Å². The number of carbonyl (C=O) groups excluding carboxylic acids is 2. The van der Waals surface area contributed by atoms with Gasteiger partial charge in [-0.1, -0.05) is 0 Å². The second kappa shape index (κ2) is 6.58. The molecular weight excluding hydrogens is 332 g/mol. The largest absolute Gasteiger partial charge is 0.497 e. The lowest BCUT2D eigenvalue weighted by Crippen LogP contribution is -2.77. The molecule has 1 atom stereocenters. The maximum absolute atomic E-state index is 12.8. The van der Waals surface area contributed by atoms with Crippen LogP contribution in [0.15, 0.2) is 24.3 Å². The Labute approximate surface area is 154 Å². The second-order valence-corrected chi connectivity index (χ2v) is 7.63. The van der Waals surface area contributed by atoms with Gasteiger partial charge in [-0.25, -0.2) is 0 Å². The smallest absolute Gasteiger partial charge is 0.254 e. The molecule has 1 aliphatic carbocycles. The molecule has 0 bridgehead atoms. The fourth-order valence-corrected chi connectivity index (χ4v) is 4.36. The molecule has 3 fully saturated rings. The third kappa shape index (κ3) is 2.76. The molecule has 140 valence electrons. The number of rotatable bonds is 5. The molecule has 26 heavy (non-hydrogen) atoms. The molecule has 0 radical (unpaired) electrons. The van der Waals surface area contributed by atoms with Crippen LogP contribution in [0.2, 0.25) is 0 Å². The van der Waals surface area contributed by atoms with Crippen molar-refractivity contribution in [1.29, 1.82) is 0 Å². The zero-order valence-electron chi connectivity index (χ0n) is 15.4. The third-order valence-corrected chi connectivity index (χ3v) is 6.14. The Morgan fingerprint density at radius 3 is 2.35 bits per heavy atom. The summed E-state index contributed by atoms with van der Waals surface area (Å²) in [5.74, 6) is 1.56. The van der Waals surface area contributed by atoms with Gasteiger partial charge in [0, 0.05) is 32.3 Å². The Morgan fingerprint density at radius 2 is 1.81 bits per heavy atom. The quantitative estimate of drug-likeness (QED) is 0.755. The summed E-state index contributed by atoms with van der Waals surface area (Å²) in [7, 11) is 3.23. The molecule has 1 aromatic rings. The van der Waals surface area contributed by atoms with Crippen molar-refractivity contribution in [3.8, 4) is 5.75 Å². The van der Waals surface area contributed by atoms with Gasteiger partial charge in [-0.15, -0.1) is 0 Å². The minimum absolute atomic E-state index is 0.0378. The first kappa shape index (κ1) is 17.3. The van der Waals surface area contributed by atoms with Crippen molar-refractivity contribution >= 4 is 11.8 Å². The van der Waals surface area contributed by atoms with E-state index in [1.165, 1.54) is 12.8 Å². The van der Waals surface area contributed by atoms with E-state index in [0.717, 1.165) is 25.1 Å². The van der Waals surface area contributed by atoms with E-state index in [-0.39, 0.29) is 23.5 Å². The van der Waals surface area contributed by atoms with Crippen LogP contribution in [0.25, 0.3) is 0 Å². The van der Waals surface area contributed by atoms with Crippen LogP contribution in [0.3, 0.4) is 0 Å². The zero-order chi connectivity index (χ0) is 18.3. The van der Waals surface area contributed by atoms with E-state index in [1.807, 2.05) is 21.9 Å². The van der Waals surface area contributed by atoms with Crippen molar-refractivity contribution in [3.05, 3.63) is 29.8 Å². The minimum atomic E-state index is -0.348. The normalized spacial score (nSPS) is 24.5. The maximum Gasteiger partial charge on any atom is 0.254 e. The van der Waals surface area contributed by atoms with Crippen LogP contribution in [-0.2, 0) is 9.53 Å². The number of ether oxygens (including phenoxy) is 2. The van der Waals surface area contributed by atoms with Gasteiger partial charge >= 0.3 is 0 Å². The number of benzene rings is 1. The number of piperidine rings is 1. The summed E-state index contributed by atoms with van der Waals surface area (Å²) in [6.07, 6.45) is 3.66. The number of likely N-dealkylation sites (tertiary alicyclic amines) is 2. The standard InChI is InChI=1S/C20H26N2O4/c1-25-16-7-5-15(6-8-16)18(23)21-11-9-20(10-12-21)17(26-2)19(24)22(20)13-14-3-4-14/h5-8,14,17H,3-4,9-13H2,1-2H3. The SMILES string of the molecule is COc1ccc(C(=O)N2CCC3(CC2)C(OC)C(=O)N3CC2CC2)cc1. The van der Waals surface area contributed by atoms with E-state index in [1.54, 1.807) is 26.4 Å². The summed E-state index contributed by atoms with van der Waals surface area (Å²) in [6.45, 7) is 2.16. The van der Waals surface area contributed by atoms with Gasteiger partial charge in [0.25, 0.3) is 11.8 Å². The molecule has 2 aliphatic heterocycles. The predicted molar refractivity (Wildman–Crippen MR) is 96.1 cm³/mol. The van der Waals surface area contributed by atoms with Gasteiger partial charge < -0.3 is 19.3 Å². The van der Waals surface area contributed by atoms with Crippen LogP contribution in [0.1, 0.15) is 36.0 Å². The molecule has 0 aromatic heterocycles. The number of methoxy groups -OCH3 is 2. The molecule has 1 unspecified atom stereocenters.